The number of anilines is 1. The van der Waals surface area contributed by atoms with Crippen molar-refractivity contribution in [2.45, 2.75) is 26.8 Å². The molecule has 1 aromatic heterocycles. The molecule has 0 spiro atoms. The molecular formula is C14H15BrN4O3. The average Bonchev–Trinajstić information content (AvgIpc) is 2.82. The van der Waals surface area contributed by atoms with Gasteiger partial charge in [0.1, 0.15) is 4.47 Å². The van der Waals surface area contributed by atoms with Crippen LogP contribution >= 0.6 is 15.9 Å². The quantitative estimate of drug-likeness (QED) is 0.649. The number of amides is 1. The summed E-state index contributed by atoms with van der Waals surface area (Å²) >= 11 is 3.07. The highest BCUT2D eigenvalue weighted by Gasteiger charge is 2.19. The van der Waals surface area contributed by atoms with Crippen LogP contribution in [0.25, 0.3) is 0 Å². The molecule has 8 heteroatoms. The lowest BCUT2D eigenvalue weighted by molar-refractivity contribution is -0.390. The maximum Gasteiger partial charge on any atom is 0.404 e. The summed E-state index contributed by atoms with van der Waals surface area (Å²) in [6.07, 6.45) is 1.67. The van der Waals surface area contributed by atoms with E-state index in [4.69, 9.17) is 0 Å². The Morgan fingerprint density at radius 3 is 2.59 bits per heavy atom. The number of halogens is 1. The number of para-hydroxylation sites is 1. The van der Waals surface area contributed by atoms with Gasteiger partial charge in [-0.05, 0) is 45.8 Å². The Labute approximate surface area is 135 Å². The summed E-state index contributed by atoms with van der Waals surface area (Å²) in [6.45, 7) is 4.12. The molecule has 0 saturated carbocycles. The maximum atomic E-state index is 12.0. The number of rotatable bonds is 5. The van der Waals surface area contributed by atoms with E-state index in [1.807, 2.05) is 32.0 Å². The summed E-state index contributed by atoms with van der Waals surface area (Å²) < 4.78 is 1.68. The van der Waals surface area contributed by atoms with Gasteiger partial charge in [-0.1, -0.05) is 18.2 Å². The molecule has 0 unspecified atom stereocenters. The molecule has 1 N–H and O–H groups in total. The highest BCUT2D eigenvalue weighted by molar-refractivity contribution is 9.10. The zero-order valence-electron chi connectivity index (χ0n) is 12.2. The van der Waals surface area contributed by atoms with Gasteiger partial charge in [0.05, 0.1) is 17.8 Å². The fraction of sp³-hybridized carbons (Fsp3) is 0.286. The smallest absolute Gasteiger partial charge is 0.358 e. The van der Waals surface area contributed by atoms with Crippen molar-refractivity contribution in [3.05, 3.63) is 50.1 Å². The van der Waals surface area contributed by atoms with Gasteiger partial charge in [0.2, 0.25) is 5.91 Å². The minimum Gasteiger partial charge on any atom is -0.358 e. The van der Waals surface area contributed by atoms with Crippen molar-refractivity contribution < 1.29 is 9.72 Å². The number of carbonyl (C=O) groups excluding carboxylic acids is 1. The van der Waals surface area contributed by atoms with Crippen molar-refractivity contribution in [3.8, 4) is 0 Å². The van der Waals surface area contributed by atoms with Crippen LogP contribution in [-0.4, -0.2) is 20.6 Å². The second-order valence-electron chi connectivity index (χ2n) is 4.89. The Morgan fingerprint density at radius 2 is 2.05 bits per heavy atom. The van der Waals surface area contributed by atoms with Gasteiger partial charge in [-0.2, -0.15) is 4.68 Å². The summed E-state index contributed by atoms with van der Waals surface area (Å²) in [7, 11) is 0. The topological polar surface area (TPSA) is 90.1 Å². The Kier molecular flexibility index (Phi) is 4.92. The van der Waals surface area contributed by atoms with Crippen LogP contribution in [0.2, 0.25) is 0 Å². The van der Waals surface area contributed by atoms with Crippen LogP contribution in [0, 0.1) is 24.0 Å². The molecule has 7 nitrogen and oxygen atoms in total. The van der Waals surface area contributed by atoms with Crippen molar-refractivity contribution in [3.63, 3.8) is 0 Å². The van der Waals surface area contributed by atoms with Gasteiger partial charge in [0.15, 0.2) is 0 Å². The van der Waals surface area contributed by atoms with E-state index in [9.17, 15) is 14.9 Å². The van der Waals surface area contributed by atoms with Crippen LogP contribution in [0.5, 0.6) is 0 Å². The van der Waals surface area contributed by atoms with Gasteiger partial charge in [-0.15, -0.1) is 0 Å². The summed E-state index contributed by atoms with van der Waals surface area (Å²) in [4.78, 5) is 22.2. The second kappa shape index (κ2) is 6.69. The van der Waals surface area contributed by atoms with Gasteiger partial charge in [0, 0.05) is 12.1 Å². The number of hydrogen-bond acceptors (Lipinski definition) is 4. The van der Waals surface area contributed by atoms with Gasteiger partial charge >= 0.3 is 5.82 Å². The first-order chi connectivity index (χ1) is 10.4. The zero-order valence-corrected chi connectivity index (χ0v) is 13.8. The van der Waals surface area contributed by atoms with Crippen LogP contribution in [0.15, 0.2) is 28.9 Å². The molecule has 1 amide bonds. The number of aryl methyl sites for hydroxylation is 3. The molecule has 0 radical (unpaired) electrons. The normalized spacial score (nSPS) is 10.5. The molecule has 0 aliphatic carbocycles. The molecule has 22 heavy (non-hydrogen) atoms. The first-order valence-electron chi connectivity index (χ1n) is 6.62. The largest absolute Gasteiger partial charge is 0.404 e. The van der Waals surface area contributed by atoms with Crippen molar-refractivity contribution >= 4 is 33.3 Å². The van der Waals surface area contributed by atoms with Crippen LogP contribution < -0.4 is 5.32 Å². The monoisotopic (exact) mass is 366 g/mol. The Bertz CT molecular complexity index is 707. The predicted molar refractivity (Wildman–Crippen MR) is 85.7 cm³/mol. The van der Waals surface area contributed by atoms with E-state index in [0.29, 0.717) is 4.47 Å². The van der Waals surface area contributed by atoms with Gasteiger partial charge in [0.25, 0.3) is 0 Å². The van der Waals surface area contributed by atoms with Gasteiger partial charge < -0.3 is 15.4 Å². The number of benzene rings is 1. The van der Waals surface area contributed by atoms with E-state index in [2.05, 4.69) is 26.3 Å². The molecule has 2 rings (SSSR count). The third kappa shape index (κ3) is 3.70. The lowest BCUT2D eigenvalue weighted by Crippen LogP contribution is -2.16. The fourth-order valence-corrected chi connectivity index (χ4v) is 2.52. The molecular weight excluding hydrogens is 352 g/mol. The molecule has 0 aliphatic heterocycles. The van der Waals surface area contributed by atoms with Crippen LogP contribution in [0.3, 0.4) is 0 Å². The third-order valence-corrected chi connectivity index (χ3v) is 3.74. The third-order valence-electron chi connectivity index (χ3n) is 3.19. The highest BCUT2D eigenvalue weighted by Crippen LogP contribution is 2.22. The Morgan fingerprint density at radius 1 is 1.41 bits per heavy atom. The van der Waals surface area contributed by atoms with Crippen molar-refractivity contribution in [1.29, 1.82) is 0 Å². The summed E-state index contributed by atoms with van der Waals surface area (Å²) in [5, 5.41) is 17.4. The molecule has 2 aromatic rings. The van der Waals surface area contributed by atoms with Gasteiger partial charge in [-0.3, -0.25) is 4.79 Å². The average molecular weight is 367 g/mol. The maximum absolute atomic E-state index is 12.0. The molecule has 0 fully saturated rings. The Balaban J connectivity index is 1.99. The summed E-state index contributed by atoms with van der Waals surface area (Å²) in [5.74, 6) is -0.415. The van der Waals surface area contributed by atoms with Gasteiger partial charge in [-0.25, -0.2) is 0 Å². The van der Waals surface area contributed by atoms with Crippen molar-refractivity contribution in [1.82, 2.24) is 9.78 Å². The number of hydrogen-bond donors (Lipinski definition) is 1. The zero-order chi connectivity index (χ0) is 16.3. The van der Waals surface area contributed by atoms with E-state index in [-0.39, 0.29) is 24.7 Å². The minimum atomic E-state index is -0.572. The van der Waals surface area contributed by atoms with E-state index in [1.165, 1.54) is 10.9 Å². The fourth-order valence-electron chi connectivity index (χ4n) is 2.05. The van der Waals surface area contributed by atoms with Crippen LogP contribution in [-0.2, 0) is 11.3 Å². The van der Waals surface area contributed by atoms with Crippen molar-refractivity contribution in [2.24, 2.45) is 0 Å². The molecule has 0 aliphatic rings. The lowest BCUT2D eigenvalue weighted by atomic mass is 10.1. The number of nitro groups is 1. The van der Waals surface area contributed by atoms with Crippen LogP contribution in [0.4, 0.5) is 11.5 Å². The molecule has 0 saturated heterocycles. The van der Waals surface area contributed by atoms with E-state index >= 15 is 0 Å². The SMILES string of the molecule is Cc1cccc(C)c1NC(=O)CCn1cc(Br)c([N+](=O)[O-])n1. The Hall–Kier alpha value is -2.22. The first-order valence-corrected chi connectivity index (χ1v) is 7.41. The number of aromatic nitrogens is 2. The molecule has 0 atom stereocenters. The molecule has 116 valence electrons. The standard InChI is InChI=1S/C14H15BrN4O3/c1-9-4-3-5-10(2)13(9)16-12(20)6-7-18-8-11(15)14(17-18)19(21)22/h3-5,8H,6-7H2,1-2H3,(H,16,20). The van der Waals surface area contributed by atoms with Crippen LogP contribution in [0.1, 0.15) is 17.5 Å². The number of nitrogens with one attached hydrogen (secondary N) is 1. The number of nitrogens with zero attached hydrogens (tertiary/aromatic N) is 3. The lowest BCUT2D eigenvalue weighted by Gasteiger charge is -2.10. The first kappa shape index (κ1) is 16.2. The van der Waals surface area contributed by atoms with E-state index in [0.717, 1.165) is 16.8 Å². The highest BCUT2D eigenvalue weighted by atomic mass is 79.9. The molecule has 0 bridgehead atoms. The summed E-state index contributed by atoms with van der Waals surface area (Å²) in [5.41, 5.74) is 2.79. The predicted octanol–water partition coefficient (Wildman–Crippen LogP) is 3.20. The van der Waals surface area contributed by atoms with E-state index in [1.54, 1.807) is 0 Å². The van der Waals surface area contributed by atoms with E-state index < -0.39 is 4.92 Å². The van der Waals surface area contributed by atoms with Crippen molar-refractivity contribution in [2.75, 3.05) is 5.32 Å². The minimum absolute atomic E-state index is 0.160. The second-order valence-corrected chi connectivity index (χ2v) is 5.74. The molecule has 1 aromatic carbocycles. The molecule has 1 heterocycles. The summed E-state index contributed by atoms with van der Waals surface area (Å²) in [6, 6.07) is 5.79. The number of carbonyl (C=O) groups is 1.